The van der Waals surface area contributed by atoms with Gasteiger partial charge in [-0.15, -0.1) is 0 Å². The third-order valence-corrected chi connectivity index (χ3v) is 6.60. The van der Waals surface area contributed by atoms with Crippen LogP contribution in [0.5, 0.6) is 0 Å². The molecule has 0 saturated heterocycles. The normalized spacial score (nSPS) is 11.1. The minimum Gasteiger partial charge on any atom is -0.325 e. The highest BCUT2D eigenvalue weighted by Gasteiger charge is 2.14. The van der Waals surface area contributed by atoms with Crippen LogP contribution in [-0.2, 0) is 4.79 Å². The van der Waals surface area contributed by atoms with Crippen LogP contribution in [0, 0.1) is 13.8 Å². The predicted octanol–water partition coefficient (Wildman–Crippen LogP) is 5.06. The largest absolute Gasteiger partial charge is 0.325 e. The highest BCUT2D eigenvalue weighted by atomic mass is 32.2. The van der Waals surface area contributed by atoms with Crippen LogP contribution in [-0.4, -0.2) is 31.2 Å². The number of fused-ring (bicyclic) bond motifs is 1. The summed E-state index contributed by atoms with van der Waals surface area (Å²) in [5, 5.41) is 3.63. The number of H-pyrrole nitrogens is 2. The van der Waals surface area contributed by atoms with E-state index in [9.17, 15) is 9.59 Å². The summed E-state index contributed by atoms with van der Waals surface area (Å²) in [6.07, 6.45) is 2.01. The molecule has 0 bridgehead atoms. The van der Waals surface area contributed by atoms with Gasteiger partial charge in [-0.25, -0.2) is 9.78 Å². The van der Waals surface area contributed by atoms with Gasteiger partial charge < -0.3 is 15.3 Å². The molecule has 0 saturated carbocycles. The first-order valence-electron chi connectivity index (χ1n) is 10.8. The van der Waals surface area contributed by atoms with E-state index in [1.54, 1.807) is 18.2 Å². The smallest absolute Gasteiger partial charge is 0.323 e. The number of carbonyl (C=O) groups excluding carboxylic acids is 1. The summed E-state index contributed by atoms with van der Waals surface area (Å²) in [4.78, 5) is 34.4. The molecule has 3 N–H and O–H groups in total. The summed E-state index contributed by atoms with van der Waals surface area (Å²) in [5.74, 6) is 0.0373. The van der Waals surface area contributed by atoms with E-state index < -0.39 is 0 Å². The van der Waals surface area contributed by atoms with Gasteiger partial charge >= 0.3 is 5.69 Å². The van der Waals surface area contributed by atoms with Crippen molar-refractivity contribution in [2.75, 3.05) is 11.1 Å². The maximum Gasteiger partial charge on any atom is 0.323 e. The Morgan fingerprint density at radius 3 is 2.56 bits per heavy atom. The van der Waals surface area contributed by atoms with E-state index >= 15 is 0 Å². The van der Waals surface area contributed by atoms with Crippen LogP contribution in [0.25, 0.3) is 28.0 Å². The molecule has 0 atom stereocenters. The SMILES string of the molecule is Cc1ccc(-c2cn(-c3ccccc3)c(SCC(=O)Nc3ccc4[nH]c(=O)[nH]c4c3)n2)cc1C. The Bertz CT molecular complexity index is 1550. The zero-order valence-corrected chi connectivity index (χ0v) is 19.6. The van der Waals surface area contributed by atoms with Crippen LogP contribution in [0.3, 0.4) is 0 Å². The Hall–Kier alpha value is -4.04. The topological polar surface area (TPSA) is 95.6 Å². The van der Waals surface area contributed by atoms with Crippen molar-refractivity contribution in [3.8, 4) is 16.9 Å². The van der Waals surface area contributed by atoms with Crippen LogP contribution in [0.1, 0.15) is 11.1 Å². The van der Waals surface area contributed by atoms with Gasteiger partial charge in [0.05, 0.1) is 22.5 Å². The maximum atomic E-state index is 12.7. The first-order valence-corrected chi connectivity index (χ1v) is 11.8. The number of hydrogen-bond donors (Lipinski definition) is 3. The second-order valence-electron chi connectivity index (χ2n) is 8.09. The molecule has 1 amide bonds. The molecule has 2 heterocycles. The first-order chi connectivity index (χ1) is 16.5. The minimum atomic E-state index is -0.277. The lowest BCUT2D eigenvalue weighted by Crippen LogP contribution is -2.14. The van der Waals surface area contributed by atoms with Gasteiger partial charge in [-0.1, -0.05) is 42.1 Å². The molecular weight excluding hydrogens is 446 g/mol. The van der Waals surface area contributed by atoms with Crippen molar-refractivity contribution in [3.05, 3.63) is 94.5 Å². The molecule has 0 radical (unpaired) electrons. The van der Waals surface area contributed by atoms with Gasteiger partial charge in [0.25, 0.3) is 0 Å². The number of aromatic nitrogens is 4. The van der Waals surface area contributed by atoms with Gasteiger partial charge in [0, 0.05) is 23.1 Å². The average Bonchev–Trinajstić information content (AvgIpc) is 3.42. The van der Waals surface area contributed by atoms with Crippen LogP contribution in [0.4, 0.5) is 5.69 Å². The van der Waals surface area contributed by atoms with E-state index in [0.717, 1.165) is 22.1 Å². The van der Waals surface area contributed by atoms with Crippen molar-refractivity contribution < 1.29 is 4.79 Å². The van der Waals surface area contributed by atoms with Crippen molar-refractivity contribution >= 4 is 34.4 Å². The number of thioether (sulfide) groups is 1. The first kappa shape index (κ1) is 21.8. The molecule has 0 fully saturated rings. The zero-order chi connectivity index (χ0) is 23.7. The van der Waals surface area contributed by atoms with E-state index in [1.807, 2.05) is 41.1 Å². The van der Waals surface area contributed by atoms with Crippen molar-refractivity contribution in [2.45, 2.75) is 19.0 Å². The summed E-state index contributed by atoms with van der Waals surface area (Å²) >= 11 is 1.38. The molecule has 0 unspecified atom stereocenters. The molecular formula is C26H23N5O2S. The number of aromatic amines is 2. The van der Waals surface area contributed by atoms with Crippen LogP contribution >= 0.6 is 11.8 Å². The average molecular weight is 470 g/mol. The van der Waals surface area contributed by atoms with Gasteiger partial charge in [0.1, 0.15) is 0 Å². The molecule has 7 nitrogen and oxygen atoms in total. The fraction of sp³-hybridized carbons (Fsp3) is 0.115. The summed E-state index contributed by atoms with van der Waals surface area (Å²) in [6, 6.07) is 21.5. The highest BCUT2D eigenvalue weighted by molar-refractivity contribution is 7.99. The van der Waals surface area contributed by atoms with Crippen molar-refractivity contribution in [1.29, 1.82) is 0 Å². The second kappa shape index (κ2) is 9.07. The summed E-state index contributed by atoms with van der Waals surface area (Å²) in [7, 11) is 0. The van der Waals surface area contributed by atoms with Gasteiger partial charge in [0.15, 0.2) is 5.16 Å². The third kappa shape index (κ3) is 4.53. The van der Waals surface area contributed by atoms with E-state index in [2.05, 4.69) is 47.3 Å². The van der Waals surface area contributed by atoms with E-state index in [-0.39, 0.29) is 17.3 Å². The van der Waals surface area contributed by atoms with Crippen LogP contribution < -0.4 is 11.0 Å². The standard InChI is InChI=1S/C26H23N5O2S/c1-16-8-9-18(12-17(16)2)23-14-31(20-6-4-3-5-7-20)26(30-23)34-15-24(32)27-19-10-11-21-22(13-19)29-25(33)28-21/h3-14H,15H2,1-2H3,(H,27,32)(H2,28,29,33). The lowest BCUT2D eigenvalue weighted by Gasteiger charge is -2.08. The summed E-state index contributed by atoms with van der Waals surface area (Å²) < 4.78 is 2.01. The number of aryl methyl sites for hydroxylation is 2. The number of rotatable bonds is 6. The molecule has 0 aliphatic heterocycles. The lowest BCUT2D eigenvalue weighted by atomic mass is 10.0. The zero-order valence-electron chi connectivity index (χ0n) is 18.8. The van der Waals surface area contributed by atoms with Crippen LogP contribution in [0.15, 0.2) is 82.9 Å². The summed E-state index contributed by atoms with van der Waals surface area (Å²) in [6.45, 7) is 4.18. The number of nitrogens with zero attached hydrogens (tertiary/aromatic N) is 2. The van der Waals surface area contributed by atoms with Gasteiger partial charge in [-0.2, -0.15) is 0 Å². The highest BCUT2D eigenvalue weighted by Crippen LogP contribution is 2.28. The molecule has 8 heteroatoms. The Morgan fingerprint density at radius 1 is 0.971 bits per heavy atom. The molecule has 5 rings (SSSR count). The molecule has 0 aliphatic carbocycles. The Labute approximate surface area is 200 Å². The number of benzene rings is 3. The fourth-order valence-corrected chi connectivity index (χ4v) is 4.51. The Morgan fingerprint density at radius 2 is 1.76 bits per heavy atom. The number of amides is 1. The molecule has 170 valence electrons. The van der Waals surface area contributed by atoms with E-state index in [1.165, 1.54) is 22.9 Å². The number of nitrogens with one attached hydrogen (secondary N) is 3. The quantitative estimate of drug-likeness (QED) is 0.303. The van der Waals surface area contributed by atoms with E-state index in [0.29, 0.717) is 16.7 Å². The Kier molecular flexibility index (Phi) is 5.81. The van der Waals surface area contributed by atoms with E-state index in [4.69, 9.17) is 4.98 Å². The molecule has 3 aromatic carbocycles. The lowest BCUT2D eigenvalue weighted by molar-refractivity contribution is -0.113. The molecule has 5 aromatic rings. The van der Waals surface area contributed by atoms with Crippen molar-refractivity contribution in [1.82, 2.24) is 19.5 Å². The summed E-state index contributed by atoms with van der Waals surface area (Å²) in [5.41, 5.74) is 7.01. The van der Waals surface area contributed by atoms with Crippen molar-refractivity contribution in [2.24, 2.45) is 0 Å². The molecule has 2 aromatic heterocycles. The monoisotopic (exact) mass is 469 g/mol. The number of anilines is 1. The minimum absolute atomic E-state index is 0.155. The number of para-hydroxylation sites is 1. The Balaban J connectivity index is 1.38. The number of imidazole rings is 2. The molecule has 0 aliphatic rings. The molecule has 0 spiro atoms. The second-order valence-corrected chi connectivity index (χ2v) is 9.03. The maximum absolute atomic E-state index is 12.7. The van der Waals surface area contributed by atoms with Crippen molar-refractivity contribution in [3.63, 3.8) is 0 Å². The third-order valence-electron chi connectivity index (χ3n) is 5.64. The van der Waals surface area contributed by atoms with Gasteiger partial charge in [-0.3, -0.25) is 9.36 Å². The predicted molar refractivity (Wildman–Crippen MR) is 137 cm³/mol. The molecule has 34 heavy (non-hydrogen) atoms. The van der Waals surface area contributed by atoms with Gasteiger partial charge in [0.2, 0.25) is 5.91 Å². The van der Waals surface area contributed by atoms with Gasteiger partial charge in [-0.05, 0) is 61.4 Å². The number of carbonyl (C=O) groups is 1. The fourth-order valence-electron chi connectivity index (χ4n) is 3.72. The van der Waals surface area contributed by atoms with Crippen LogP contribution in [0.2, 0.25) is 0 Å². The number of hydrogen-bond acceptors (Lipinski definition) is 4.